The molecule has 9 heteroatoms. The van der Waals surface area contributed by atoms with Crippen molar-refractivity contribution in [3.05, 3.63) is 23.8 Å². The van der Waals surface area contributed by atoms with Crippen LogP contribution in [-0.4, -0.2) is 55.4 Å². The zero-order chi connectivity index (χ0) is 18.1. The number of carbonyl (C=O) groups is 2. The van der Waals surface area contributed by atoms with Gasteiger partial charge in [-0.1, -0.05) is 0 Å². The molecule has 1 saturated heterocycles. The molecule has 24 heavy (non-hydrogen) atoms. The predicted octanol–water partition coefficient (Wildman–Crippen LogP) is 2.18. The molecule has 6 nitrogen and oxygen atoms in total. The molecule has 0 aromatic heterocycles. The lowest BCUT2D eigenvalue weighted by atomic mass is 9.86. The molecule has 1 aliphatic rings. The van der Waals surface area contributed by atoms with E-state index in [1.165, 1.54) is 32.4 Å². The van der Waals surface area contributed by atoms with Crippen molar-refractivity contribution in [2.45, 2.75) is 12.6 Å². The molecule has 1 aliphatic heterocycles. The maximum Gasteiger partial charge on any atom is 0.406 e. The molecule has 1 heterocycles. The molecule has 0 radical (unpaired) electrons. The minimum absolute atomic E-state index is 0.0644. The molecule has 0 bridgehead atoms. The van der Waals surface area contributed by atoms with Gasteiger partial charge in [0.15, 0.2) is 5.41 Å². The van der Waals surface area contributed by atoms with E-state index in [0.717, 1.165) is 4.90 Å². The molecule has 1 aromatic rings. The highest BCUT2D eigenvalue weighted by molar-refractivity contribution is 5.96. The second-order valence-corrected chi connectivity index (χ2v) is 5.46. The fourth-order valence-corrected chi connectivity index (χ4v) is 2.62. The Balaban J connectivity index is 2.31. The number of rotatable bonds is 4. The van der Waals surface area contributed by atoms with E-state index in [4.69, 9.17) is 14.6 Å². The van der Waals surface area contributed by atoms with Crippen LogP contribution in [-0.2, 0) is 4.79 Å². The number of amides is 1. The Bertz CT molecular complexity index is 639. The number of hydrogen-bond acceptors (Lipinski definition) is 4. The number of alkyl halides is 3. The number of carbonyl (C=O) groups excluding carboxylic acids is 1. The minimum Gasteiger partial charge on any atom is -0.497 e. The summed E-state index contributed by atoms with van der Waals surface area (Å²) in [4.78, 5) is 24.5. The Morgan fingerprint density at radius 3 is 2.08 bits per heavy atom. The van der Waals surface area contributed by atoms with Gasteiger partial charge in [0, 0.05) is 24.7 Å². The largest absolute Gasteiger partial charge is 0.497 e. The maximum absolute atomic E-state index is 13.2. The highest BCUT2D eigenvalue weighted by atomic mass is 19.4. The van der Waals surface area contributed by atoms with Crippen LogP contribution in [0.5, 0.6) is 11.5 Å². The first-order chi connectivity index (χ1) is 11.1. The molecule has 1 unspecified atom stereocenters. The number of halogens is 3. The lowest BCUT2D eigenvalue weighted by Gasteiger charge is -2.27. The lowest BCUT2D eigenvalue weighted by molar-refractivity contribution is -0.227. The van der Waals surface area contributed by atoms with Crippen molar-refractivity contribution in [3.8, 4) is 11.5 Å². The van der Waals surface area contributed by atoms with E-state index in [2.05, 4.69) is 0 Å². The van der Waals surface area contributed by atoms with E-state index in [9.17, 15) is 22.8 Å². The van der Waals surface area contributed by atoms with Gasteiger partial charge in [-0.05, 0) is 18.6 Å². The van der Waals surface area contributed by atoms with Gasteiger partial charge in [-0.15, -0.1) is 0 Å². The average Bonchev–Trinajstić information content (AvgIpc) is 3.00. The van der Waals surface area contributed by atoms with E-state index < -0.39 is 36.4 Å². The van der Waals surface area contributed by atoms with Crippen LogP contribution in [0.25, 0.3) is 0 Å². The van der Waals surface area contributed by atoms with E-state index in [1.807, 2.05) is 0 Å². The number of carboxylic acids is 1. The van der Waals surface area contributed by atoms with Gasteiger partial charge in [0.25, 0.3) is 5.91 Å². The summed E-state index contributed by atoms with van der Waals surface area (Å²) in [6.45, 7) is -1.23. The average molecular weight is 347 g/mol. The number of nitrogens with zero attached hydrogens (tertiary/aromatic N) is 1. The molecule has 0 saturated carbocycles. The second-order valence-electron chi connectivity index (χ2n) is 5.46. The molecule has 1 fully saturated rings. The maximum atomic E-state index is 13.2. The molecule has 0 spiro atoms. The first-order valence-electron chi connectivity index (χ1n) is 6.97. The zero-order valence-electron chi connectivity index (χ0n) is 13.0. The fourth-order valence-electron chi connectivity index (χ4n) is 2.62. The van der Waals surface area contributed by atoms with Crippen LogP contribution in [0, 0.1) is 5.41 Å². The number of ether oxygens (including phenoxy) is 2. The minimum atomic E-state index is -4.94. The summed E-state index contributed by atoms with van der Waals surface area (Å²) in [5, 5.41) is 9.04. The molecule has 1 aromatic carbocycles. The summed E-state index contributed by atoms with van der Waals surface area (Å²) in [5.74, 6) is -2.08. The summed E-state index contributed by atoms with van der Waals surface area (Å²) < 4.78 is 49.6. The Kier molecular flexibility index (Phi) is 4.63. The number of carboxylic acid groups (broad SMARTS) is 1. The Morgan fingerprint density at radius 1 is 1.17 bits per heavy atom. The number of benzene rings is 1. The normalized spacial score (nSPS) is 20.8. The van der Waals surface area contributed by atoms with Crippen molar-refractivity contribution in [1.82, 2.24) is 4.90 Å². The number of likely N-dealkylation sites (tertiary alicyclic amines) is 1. The number of aliphatic carboxylic acids is 1. The van der Waals surface area contributed by atoms with Crippen molar-refractivity contribution in [2.24, 2.45) is 5.41 Å². The molecule has 1 amide bonds. The monoisotopic (exact) mass is 347 g/mol. The SMILES string of the molecule is COc1cc(OC)cc(C(=O)N2CCC(C(=O)O)(C(F)(F)F)C2)c1. The third-order valence-electron chi connectivity index (χ3n) is 4.11. The quantitative estimate of drug-likeness (QED) is 0.904. The number of hydrogen-bond donors (Lipinski definition) is 1. The van der Waals surface area contributed by atoms with Crippen LogP contribution in [0.15, 0.2) is 18.2 Å². The van der Waals surface area contributed by atoms with Gasteiger partial charge in [0.2, 0.25) is 0 Å². The van der Waals surface area contributed by atoms with E-state index in [1.54, 1.807) is 0 Å². The molecular weight excluding hydrogens is 331 g/mol. The highest BCUT2D eigenvalue weighted by Crippen LogP contribution is 2.46. The van der Waals surface area contributed by atoms with Crippen LogP contribution in [0.4, 0.5) is 13.2 Å². The summed E-state index contributed by atoms with van der Waals surface area (Å²) in [5.41, 5.74) is -2.87. The second kappa shape index (κ2) is 6.21. The van der Waals surface area contributed by atoms with Crippen molar-refractivity contribution in [1.29, 1.82) is 0 Å². The number of methoxy groups -OCH3 is 2. The molecule has 132 valence electrons. The Labute approximate surface area is 135 Å². The zero-order valence-corrected chi connectivity index (χ0v) is 13.0. The van der Waals surface area contributed by atoms with E-state index in [0.29, 0.717) is 11.5 Å². The van der Waals surface area contributed by atoms with Gasteiger partial charge in [-0.3, -0.25) is 9.59 Å². The summed E-state index contributed by atoms with van der Waals surface area (Å²) in [6.07, 6.45) is -5.63. The van der Waals surface area contributed by atoms with Gasteiger partial charge in [-0.2, -0.15) is 13.2 Å². The standard InChI is InChI=1S/C15H16F3NO5/c1-23-10-5-9(6-11(7-10)24-2)12(20)19-4-3-14(8-19,13(21)22)15(16,17)18/h5-7H,3-4,8H2,1-2H3,(H,21,22). The van der Waals surface area contributed by atoms with E-state index in [-0.39, 0.29) is 12.1 Å². The molecule has 1 N–H and O–H groups in total. The van der Waals surface area contributed by atoms with Gasteiger partial charge in [-0.25, -0.2) is 0 Å². The molecule has 2 rings (SSSR count). The highest BCUT2D eigenvalue weighted by Gasteiger charge is 2.64. The first kappa shape index (κ1) is 17.9. The Hall–Kier alpha value is -2.45. The summed E-state index contributed by atoms with van der Waals surface area (Å²) >= 11 is 0. The van der Waals surface area contributed by atoms with Crippen LogP contribution in [0.2, 0.25) is 0 Å². The van der Waals surface area contributed by atoms with Crippen molar-refractivity contribution < 1.29 is 37.3 Å². The molecule has 1 atom stereocenters. The lowest BCUT2D eigenvalue weighted by Crippen LogP contribution is -2.47. The molecule has 0 aliphatic carbocycles. The van der Waals surface area contributed by atoms with Crippen LogP contribution in [0.1, 0.15) is 16.8 Å². The van der Waals surface area contributed by atoms with Gasteiger partial charge in [0.1, 0.15) is 11.5 Å². The first-order valence-corrected chi connectivity index (χ1v) is 6.97. The predicted molar refractivity (Wildman–Crippen MR) is 76.2 cm³/mol. The van der Waals surface area contributed by atoms with Crippen molar-refractivity contribution in [3.63, 3.8) is 0 Å². The third kappa shape index (κ3) is 2.98. The van der Waals surface area contributed by atoms with Crippen LogP contribution < -0.4 is 9.47 Å². The van der Waals surface area contributed by atoms with Gasteiger partial charge < -0.3 is 19.5 Å². The third-order valence-corrected chi connectivity index (χ3v) is 4.11. The van der Waals surface area contributed by atoms with Crippen LogP contribution in [0.3, 0.4) is 0 Å². The van der Waals surface area contributed by atoms with Gasteiger partial charge in [0.05, 0.1) is 14.2 Å². The summed E-state index contributed by atoms with van der Waals surface area (Å²) in [6, 6.07) is 4.23. The smallest absolute Gasteiger partial charge is 0.406 e. The van der Waals surface area contributed by atoms with Crippen LogP contribution >= 0.6 is 0 Å². The van der Waals surface area contributed by atoms with Crippen molar-refractivity contribution >= 4 is 11.9 Å². The Morgan fingerprint density at radius 2 is 1.71 bits per heavy atom. The molecular formula is C15H16F3NO5. The van der Waals surface area contributed by atoms with Crippen molar-refractivity contribution in [2.75, 3.05) is 27.3 Å². The van der Waals surface area contributed by atoms with Gasteiger partial charge >= 0.3 is 12.1 Å². The fraction of sp³-hybridized carbons (Fsp3) is 0.467. The summed E-state index contributed by atoms with van der Waals surface area (Å²) in [7, 11) is 2.75. The van der Waals surface area contributed by atoms with E-state index >= 15 is 0 Å². The topological polar surface area (TPSA) is 76.1 Å².